The second kappa shape index (κ2) is 6.60. The number of rotatable bonds is 5. The van der Waals surface area contributed by atoms with E-state index in [2.05, 4.69) is 12.2 Å². The van der Waals surface area contributed by atoms with E-state index in [1.165, 1.54) is 16.2 Å². The second-order valence-electron chi connectivity index (χ2n) is 5.90. The van der Waals surface area contributed by atoms with Gasteiger partial charge in [0.2, 0.25) is 0 Å². The van der Waals surface area contributed by atoms with E-state index in [9.17, 15) is 14.7 Å². The van der Waals surface area contributed by atoms with Gasteiger partial charge < -0.3 is 10.4 Å². The molecule has 1 aromatic rings. The van der Waals surface area contributed by atoms with Crippen LogP contribution in [0.3, 0.4) is 0 Å². The van der Waals surface area contributed by atoms with Crippen molar-refractivity contribution >= 4 is 23.2 Å². The Morgan fingerprint density at radius 3 is 2.52 bits per heavy atom. The van der Waals surface area contributed by atoms with Gasteiger partial charge in [-0.05, 0) is 37.8 Å². The SMILES string of the molecule is CCc1sc(C(=O)NCC2(C(=O)O)CCCCC2)cc1C. The molecule has 0 spiro atoms. The Labute approximate surface area is 129 Å². The lowest BCUT2D eigenvalue weighted by Crippen LogP contribution is -2.44. The van der Waals surface area contributed by atoms with Crippen LogP contribution in [0.1, 0.15) is 59.1 Å². The summed E-state index contributed by atoms with van der Waals surface area (Å²) in [5.74, 6) is -0.923. The molecule has 1 aromatic heterocycles. The highest BCUT2D eigenvalue weighted by Crippen LogP contribution is 2.36. The molecule has 4 nitrogen and oxygen atoms in total. The number of nitrogens with one attached hydrogen (secondary N) is 1. The van der Waals surface area contributed by atoms with Gasteiger partial charge in [0.25, 0.3) is 5.91 Å². The predicted molar refractivity (Wildman–Crippen MR) is 83.9 cm³/mol. The maximum atomic E-state index is 12.2. The minimum atomic E-state index is -0.779. The zero-order valence-electron chi connectivity index (χ0n) is 12.7. The van der Waals surface area contributed by atoms with E-state index < -0.39 is 11.4 Å². The highest BCUT2D eigenvalue weighted by atomic mass is 32.1. The Balaban J connectivity index is 2.03. The number of carbonyl (C=O) groups excluding carboxylic acids is 1. The Morgan fingerprint density at radius 1 is 1.33 bits per heavy atom. The topological polar surface area (TPSA) is 66.4 Å². The number of hydrogen-bond donors (Lipinski definition) is 2. The fraction of sp³-hybridized carbons (Fsp3) is 0.625. The van der Waals surface area contributed by atoms with Gasteiger partial charge in [-0.2, -0.15) is 0 Å². The molecule has 2 N–H and O–H groups in total. The molecule has 1 heterocycles. The van der Waals surface area contributed by atoms with Crippen LogP contribution >= 0.6 is 11.3 Å². The first-order valence-electron chi connectivity index (χ1n) is 7.59. The van der Waals surface area contributed by atoms with Crippen molar-refractivity contribution in [1.29, 1.82) is 0 Å². The molecule has 0 saturated heterocycles. The summed E-state index contributed by atoms with van der Waals surface area (Å²) in [6.45, 7) is 4.31. The van der Waals surface area contributed by atoms with Crippen LogP contribution < -0.4 is 5.32 Å². The smallest absolute Gasteiger partial charge is 0.311 e. The van der Waals surface area contributed by atoms with Gasteiger partial charge in [-0.25, -0.2) is 0 Å². The third-order valence-electron chi connectivity index (χ3n) is 4.42. The molecule has 1 fully saturated rings. The molecule has 5 heteroatoms. The molecule has 0 bridgehead atoms. The second-order valence-corrected chi connectivity index (χ2v) is 7.04. The van der Waals surface area contributed by atoms with Crippen molar-refractivity contribution in [3.8, 4) is 0 Å². The van der Waals surface area contributed by atoms with Crippen molar-refractivity contribution in [2.45, 2.75) is 52.4 Å². The van der Waals surface area contributed by atoms with Gasteiger partial charge in [0, 0.05) is 11.4 Å². The van der Waals surface area contributed by atoms with Gasteiger partial charge >= 0.3 is 5.97 Å². The quantitative estimate of drug-likeness (QED) is 0.876. The first-order valence-corrected chi connectivity index (χ1v) is 8.41. The van der Waals surface area contributed by atoms with E-state index in [0.717, 1.165) is 31.2 Å². The summed E-state index contributed by atoms with van der Waals surface area (Å²) < 4.78 is 0. The van der Waals surface area contributed by atoms with Gasteiger partial charge in [-0.15, -0.1) is 11.3 Å². The van der Waals surface area contributed by atoms with Crippen LogP contribution in [0, 0.1) is 12.3 Å². The first kappa shape index (κ1) is 16.0. The minimum absolute atomic E-state index is 0.144. The Hall–Kier alpha value is -1.36. The standard InChI is InChI=1S/C16H23NO3S/c1-3-12-11(2)9-13(21-12)14(18)17-10-16(15(19)20)7-5-4-6-8-16/h9H,3-8,10H2,1-2H3,(H,17,18)(H,19,20). The molecule has 116 valence electrons. The van der Waals surface area contributed by atoms with Gasteiger partial charge in [-0.1, -0.05) is 26.2 Å². The summed E-state index contributed by atoms with van der Waals surface area (Å²) in [4.78, 5) is 25.7. The number of amides is 1. The Kier molecular flexibility index (Phi) is 5.04. The van der Waals surface area contributed by atoms with Crippen molar-refractivity contribution in [3.63, 3.8) is 0 Å². The summed E-state index contributed by atoms with van der Waals surface area (Å²) in [6, 6.07) is 1.90. The summed E-state index contributed by atoms with van der Waals surface area (Å²) in [6.07, 6.45) is 5.19. The Morgan fingerprint density at radius 2 is 2.00 bits per heavy atom. The molecule has 1 aliphatic carbocycles. The summed E-state index contributed by atoms with van der Waals surface area (Å²) in [5.41, 5.74) is 0.367. The fourth-order valence-corrected chi connectivity index (χ4v) is 4.04. The number of aliphatic carboxylic acids is 1. The molecule has 1 saturated carbocycles. The van der Waals surface area contributed by atoms with Crippen LogP contribution in [0.4, 0.5) is 0 Å². The first-order chi connectivity index (χ1) is 9.98. The summed E-state index contributed by atoms with van der Waals surface area (Å²) >= 11 is 1.50. The maximum absolute atomic E-state index is 12.2. The van der Waals surface area contributed by atoms with E-state index >= 15 is 0 Å². The summed E-state index contributed by atoms with van der Waals surface area (Å²) in [5, 5.41) is 12.4. The molecule has 0 aromatic carbocycles. The Bertz CT molecular complexity index is 530. The number of aryl methyl sites for hydroxylation is 2. The zero-order chi connectivity index (χ0) is 15.5. The zero-order valence-corrected chi connectivity index (χ0v) is 13.5. The number of hydrogen-bond acceptors (Lipinski definition) is 3. The van der Waals surface area contributed by atoms with E-state index in [-0.39, 0.29) is 12.5 Å². The van der Waals surface area contributed by atoms with Crippen LogP contribution in [-0.2, 0) is 11.2 Å². The molecular weight excluding hydrogens is 286 g/mol. The highest BCUT2D eigenvalue weighted by Gasteiger charge is 2.39. The molecule has 1 aliphatic rings. The van der Waals surface area contributed by atoms with Crippen molar-refractivity contribution in [2.75, 3.05) is 6.54 Å². The lowest BCUT2D eigenvalue weighted by molar-refractivity contribution is -0.150. The van der Waals surface area contributed by atoms with Gasteiger partial charge in [0.1, 0.15) is 0 Å². The van der Waals surface area contributed by atoms with E-state index in [0.29, 0.717) is 17.7 Å². The summed E-state index contributed by atoms with van der Waals surface area (Å²) in [7, 11) is 0. The van der Waals surface area contributed by atoms with Crippen LogP contribution in [0.2, 0.25) is 0 Å². The van der Waals surface area contributed by atoms with Gasteiger partial charge in [-0.3, -0.25) is 9.59 Å². The maximum Gasteiger partial charge on any atom is 0.311 e. The van der Waals surface area contributed by atoms with Crippen molar-refractivity contribution in [3.05, 3.63) is 21.4 Å². The average molecular weight is 309 g/mol. The molecular formula is C16H23NO3S. The number of carboxylic acids is 1. The van der Waals surface area contributed by atoms with Crippen LogP contribution in [0.25, 0.3) is 0 Å². The lowest BCUT2D eigenvalue weighted by atomic mass is 9.74. The third-order valence-corrected chi connectivity index (χ3v) is 5.80. The van der Waals surface area contributed by atoms with Gasteiger partial charge in [0.05, 0.1) is 10.3 Å². The monoisotopic (exact) mass is 309 g/mol. The molecule has 2 rings (SSSR count). The molecule has 0 atom stereocenters. The predicted octanol–water partition coefficient (Wildman–Crippen LogP) is 3.38. The van der Waals surface area contributed by atoms with Crippen molar-refractivity contribution < 1.29 is 14.7 Å². The van der Waals surface area contributed by atoms with E-state index in [4.69, 9.17) is 0 Å². The van der Waals surface area contributed by atoms with E-state index in [1.807, 2.05) is 13.0 Å². The van der Waals surface area contributed by atoms with E-state index in [1.54, 1.807) is 0 Å². The minimum Gasteiger partial charge on any atom is -0.481 e. The number of carboxylic acid groups (broad SMARTS) is 1. The van der Waals surface area contributed by atoms with Crippen molar-refractivity contribution in [1.82, 2.24) is 5.32 Å². The largest absolute Gasteiger partial charge is 0.481 e. The van der Waals surface area contributed by atoms with Gasteiger partial charge in [0.15, 0.2) is 0 Å². The molecule has 0 radical (unpaired) electrons. The lowest BCUT2D eigenvalue weighted by Gasteiger charge is -2.33. The molecule has 21 heavy (non-hydrogen) atoms. The molecule has 0 aliphatic heterocycles. The molecule has 1 amide bonds. The molecule has 0 unspecified atom stereocenters. The number of thiophene rings is 1. The van der Waals surface area contributed by atoms with Crippen LogP contribution in [0.15, 0.2) is 6.07 Å². The highest BCUT2D eigenvalue weighted by molar-refractivity contribution is 7.14. The fourth-order valence-electron chi connectivity index (χ4n) is 3.01. The average Bonchev–Trinajstić information content (AvgIpc) is 2.86. The van der Waals surface area contributed by atoms with Crippen molar-refractivity contribution in [2.24, 2.45) is 5.41 Å². The third kappa shape index (κ3) is 3.46. The van der Waals surface area contributed by atoms with Crippen LogP contribution in [-0.4, -0.2) is 23.5 Å². The number of carbonyl (C=O) groups is 2. The normalized spacial score (nSPS) is 17.4. The van der Waals surface area contributed by atoms with Crippen LogP contribution in [0.5, 0.6) is 0 Å².